The van der Waals surface area contributed by atoms with Crippen LogP contribution in [0.3, 0.4) is 0 Å². The lowest BCUT2D eigenvalue weighted by atomic mass is 9.79. The topological polar surface area (TPSA) is 61.1 Å². The third kappa shape index (κ3) is 3.54. The van der Waals surface area contributed by atoms with Crippen LogP contribution in [0.5, 0.6) is 0 Å². The molecular formula is C17H11F4NO2. The second-order valence-corrected chi connectivity index (χ2v) is 5.12. The molecule has 3 nitrogen and oxygen atoms in total. The molecular weight excluding hydrogens is 326 g/mol. The molecule has 7 heteroatoms. The minimum atomic E-state index is -1.40. The van der Waals surface area contributed by atoms with E-state index in [4.69, 9.17) is 5.11 Å². The number of carboxylic acids is 1. The average Bonchev–Trinajstić information content (AvgIpc) is 2.50. The molecule has 2 aromatic rings. The Morgan fingerprint density at radius 1 is 1.04 bits per heavy atom. The number of carbonyl (C=O) groups is 1. The van der Waals surface area contributed by atoms with Crippen LogP contribution < -0.4 is 0 Å². The van der Waals surface area contributed by atoms with E-state index in [1.807, 2.05) is 0 Å². The van der Waals surface area contributed by atoms with Crippen LogP contribution in [-0.4, -0.2) is 11.1 Å². The van der Waals surface area contributed by atoms with Gasteiger partial charge in [0.1, 0.15) is 11.6 Å². The second kappa shape index (κ2) is 7.13. The molecule has 2 aromatic carbocycles. The fraction of sp³-hybridized carbons (Fsp3) is 0.176. The van der Waals surface area contributed by atoms with Crippen molar-refractivity contribution < 1.29 is 27.5 Å². The first kappa shape index (κ1) is 17.5. The zero-order chi connectivity index (χ0) is 17.9. The van der Waals surface area contributed by atoms with Gasteiger partial charge in [-0.1, -0.05) is 12.1 Å². The smallest absolute Gasteiger partial charge is 0.304 e. The Kier molecular flexibility index (Phi) is 5.19. The summed E-state index contributed by atoms with van der Waals surface area (Å²) in [5.74, 6) is -8.57. The fourth-order valence-corrected chi connectivity index (χ4v) is 2.54. The Bertz CT molecular complexity index is 796. The maximum absolute atomic E-state index is 14.0. The van der Waals surface area contributed by atoms with Crippen LogP contribution >= 0.6 is 0 Å². The molecule has 2 atom stereocenters. The van der Waals surface area contributed by atoms with Crippen LogP contribution in [0.1, 0.15) is 29.4 Å². The van der Waals surface area contributed by atoms with Crippen molar-refractivity contribution in [1.29, 1.82) is 5.26 Å². The minimum Gasteiger partial charge on any atom is -0.481 e. The summed E-state index contributed by atoms with van der Waals surface area (Å²) in [7, 11) is 0. The number of benzene rings is 2. The van der Waals surface area contributed by atoms with Crippen molar-refractivity contribution in [2.45, 2.75) is 18.3 Å². The summed E-state index contributed by atoms with van der Waals surface area (Å²) in [6.07, 6.45) is -0.755. The molecule has 0 saturated heterocycles. The number of rotatable bonds is 5. The van der Waals surface area contributed by atoms with E-state index in [0.717, 1.165) is 36.4 Å². The summed E-state index contributed by atoms with van der Waals surface area (Å²) in [6, 6.07) is 7.29. The molecule has 0 aliphatic rings. The lowest BCUT2D eigenvalue weighted by molar-refractivity contribution is -0.137. The minimum absolute atomic E-state index is 0.0645. The third-order valence-corrected chi connectivity index (χ3v) is 3.61. The van der Waals surface area contributed by atoms with Gasteiger partial charge in [0, 0.05) is 11.5 Å². The van der Waals surface area contributed by atoms with Crippen LogP contribution in [-0.2, 0) is 4.79 Å². The standard InChI is InChI=1S/C17H11F4NO2/c18-12-5-4-9(6-15(12)21)11(8-22)10(7-16(23)24)17-13(19)2-1-3-14(17)20/h1-6,10-11H,7H2,(H,23,24). The quantitative estimate of drug-likeness (QED) is 0.835. The Balaban J connectivity index is 2.59. The molecule has 1 N–H and O–H groups in total. The van der Waals surface area contributed by atoms with Crippen LogP contribution in [0.2, 0.25) is 0 Å². The first-order valence-corrected chi connectivity index (χ1v) is 6.85. The van der Waals surface area contributed by atoms with E-state index in [9.17, 15) is 27.6 Å². The van der Waals surface area contributed by atoms with E-state index in [0.29, 0.717) is 0 Å². The van der Waals surface area contributed by atoms with Gasteiger partial charge in [-0.25, -0.2) is 17.6 Å². The maximum Gasteiger partial charge on any atom is 0.304 e. The molecule has 0 heterocycles. The molecule has 0 radical (unpaired) electrons. The van der Waals surface area contributed by atoms with Crippen LogP contribution in [0.25, 0.3) is 0 Å². The first-order valence-electron chi connectivity index (χ1n) is 6.85. The van der Waals surface area contributed by atoms with Gasteiger partial charge in [-0.3, -0.25) is 4.79 Å². The molecule has 0 aromatic heterocycles. The van der Waals surface area contributed by atoms with Gasteiger partial charge in [-0.05, 0) is 29.8 Å². The van der Waals surface area contributed by atoms with Gasteiger partial charge in [0.25, 0.3) is 0 Å². The van der Waals surface area contributed by atoms with Crippen LogP contribution in [0.4, 0.5) is 17.6 Å². The van der Waals surface area contributed by atoms with Crippen molar-refractivity contribution in [2.24, 2.45) is 0 Å². The first-order chi connectivity index (χ1) is 11.3. The normalized spacial score (nSPS) is 13.1. The van der Waals surface area contributed by atoms with E-state index >= 15 is 0 Å². The predicted molar refractivity (Wildman–Crippen MR) is 76.1 cm³/mol. The van der Waals surface area contributed by atoms with Crippen molar-refractivity contribution in [3.63, 3.8) is 0 Å². The summed E-state index contributed by atoms with van der Waals surface area (Å²) in [6.45, 7) is 0. The van der Waals surface area contributed by atoms with E-state index < -0.39 is 53.1 Å². The van der Waals surface area contributed by atoms with Gasteiger partial charge in [0.05, 0.1) is 18.4 Å². The van der Waals surface area contributed by atoms with E-state index in [2.05, 4.69) is 0 Å². The highest BCUT2D eigenvalue weighted by molar-refractivity contribution is 5.68. The molecule has 0 saturated carbocycles. The predicted octanol–water partition coefficient (Wildman–Crippen LogP) is 4.11. The Morgan fingerprint density at radius 3 is 2.17 bits per heavy atom. The van der Waals surface area contributed by atoms with Gasteiger partial charge >= 0.3 is 5.97 Å². The van der Waals surface area contributed by atoms with E-state index in [-0.39, 0.29) is 5.56 Å². The molecule has 2 rings (SSSR count). The van der Waals surface area contributed by atoms with Crippen molar-refractivity contribution in [3.8, 4) is 6.07 Å². The number of aliphatic carboxylic acids is 1. The van der Waals surface area contributed by atoms with Crippen molar-refractivity contribution in [2.75, 3.05) is 0 Å². The zero-order valence-electron chi connectivity index (χ0n) is 12.1. The second-order valence-electron chi connectivity index (χ2n) is 5.12. The van der Waals surface area contributed by atoms with Gasteiger partial charge in [0.2, 0.25) is 0 Å². The number of hydrogen-bond donors (Lipinski definition) is 1. The molecule has 24 heavy (non-hydrogen) atoms. The van der Waals surface area contributed by atoms with E-state index in [1.54, 1.807) is 6.07 Å². The Hall–Kier alpha value is -2.88. The lowest BCUT2D eigenvalue weighted by Crippen LogP contribution is -2.17. The number of hydrogen-bond acceptors (Lipinski definition) is 2. The lowest BCUT2D eigenvalue weighted by Gasteiger charge is -2.22. The summed E-state index contributed by atoms with van der Waals surface area (Å²) in [4.78, 5) is 11.1. The monoisotopic (exact) mass is 337 g/mol. The summed E-state index contributed by atoms with van der Waals surface area (Å²) in [5.41, 5.74) is -0.638. The van der Waals surface area contributed by atoms with Crippen LogP contribution in [0.15, 0.2) is 36.4 Å². The third-order valence-electron chi connectivity index (χ3n) is 3.61. The maximum atomic E-state index is 14.0. The summed E-state index contributed by atoms with van der Waals surface area (Å²) < 4.78 is 54.5. The molecule has 0 amide bonds. The molecule has 0 aliphatic carbocycles. The number of carboxylic acid groups (broad SMARTS) is 1. The van der Waals surface area contributed by atoms with Gasteiger partial charge in [-0.15, -0.1) is 0 Å². The summed E-state index contributed by atoms with van der Waals surface area (Å²) >= 11 is 0. The summed E-state index contributed by atoms with van der Waals surface area (Å²) in [5, 5.41) is 18.4. The van der Waals surface area contributed by atoms with Crippen molar-refractivity contribution in [3.05, 3.63) is 70.8 Å². The average molecular weight is 337 g/mol. The highest BCUT2D eigenvalue weighted by Gasteiger charge is 2.32. The Morgan fingerprint density at radius 2 is 1.67 bits per heavy atom. The van der Waals surface area contributed by atoms with Crippen molar-refractivity contribution >= 4 is 5.97 Å². The van der Waals surface area contributed by atoms with Gasteiger partial charge in [-0.2, -0.15) is 5.26 Å². The highest BCUT2D eigenvalue weighted by Crippen LogP contribution is 2.38. The number of halogens is 4. The highest BCUT2D eigenvalue weighted by atomic mass is 19.2. The molecule has 124 valence electrons. The molecule has 2 unspecified atom stereocenters. The Labute approximate surface area is 134 Å². The zero-order valence-corrected chi connectivity index (χ0v) is 12.1. The largest absolute Gasteiger partial charge is 0.481 e. The number of nitriles is 1. The molecule has 0 fully saturated rings. The van der Waals surface area contributed by atoms with Crippen molar-refractivity contribution in [1.82, 2.24) is 0 Å². The molecule has 0 spiro atoms. The molecule has 0 bridgehead atoms. The fourth-order valence-electron chi connectivity index (χ4n) is 2.54. The van der Waals surface area contributed by atoms with Crippen LogP contribution in [0, 0.1) is 34.6 Å². The number of nitrogens with zero attached hydrogens (tertiary/aromatic N) is 1. The van der Waals surface area contributed by atoms with Gasteiger partial charge < -0.3 is 5.11 Å². The molecule has 0 aliphatic heterocycles. The SMILES string of the molecule is N#CC(c1ccc(F)c(F)c1)C(CC(=O)O)c1c(F)cccc1F. The van der Waals surface area contributed by atoms with E-state index in [1.165, 1.54) is 0 Å². The van der Waals surface area contributed by atoms with Gasteiger partial charge in [0.15, 0.2) is 11.6 Å².